The van der Waals surface area contributed by atoms with Gasteiger partial charge >= 0.3 is 0 Å². The molecule has 0 unspecified atom stereocenters. The molecule has 1 aliphatic heterocycles. The molecule has 0 aliphatic carbocycles. The summed E-state index contributed by atoms with van der Waals surface area (Å²) >= 11 is 20.6. The highest BCUT2D eigenvalue weighted by molar-refractivity contribution is 9.10. The second-order valence-electron chi connectivity index (χ2n) is 5.45. The number of nitrogens with one attached hydrogen (secondary N) is 1. The van der Waals surface area contributed by atoms with E-state index in [0.717, 1.165) is 0 Å². The maximum atomic E-state index is 13.0. The highest BCUT2D eigenvalue weighted by Gasteiger charge is 2.35. The van der Waals surface area contributed by atoms with Crippen molar-refractivity contribution in [1.29, 1.82) is 0 Å². The highest BCUT2D eigenvalue weighted by atomic mass is 79.9. The molecule has 1 saturated heterocycles. The Morgan fingerprint density at radius 2 is 1.93 bits per heavy atom. The average molecular weight is 486 g/mol. The van der Waals surface area contributed by atoms with Gasteiger partial charge < -0.3 is 4.74 Å². The molecule has 5 nitrogen and oxygen atoms in total. The number of amides is 2. The van der Waals surface area contributed by atoms with Crippen molar-refractivity contribution in [2.45, 2.75) is 0 Å². The zero-order valence-corrected chi connectivity index (χ0v) is 17.7. The first-order valence-electron chi connectivity index (χ1n) is 7.52. The van der Waals surface area contributed by atoms with E-state index in [1.165, 1.54) is 17.0 Å². The molecular weight excluding hydrogens is 475 g/mol. The first-order valence-corrected chi connectivity index (χ1v) is 9.47. The van der Waals surface area contributed by atoms with Gasteiger partial charge in [-0.1, -0.05) is 29.3 Å². The van der Waals surface area contributed by atoms with Gasteiger partial charge in [-0.05, 0) is 70.1 Å². The zero-order valence-electron chi connectivity index (χ0n) is 13.8. The van der Waals surface area contributed by atoms with Gasteiger partial charge in [0.25, 0.3) is 11.8 Å². The van der Waals surface area contributed by atoms with Crippen LogP contribution in [0.2, 0.25) is 10.0 Å². The number of nitrogens with zero attached hydrogens (tertiary/aromatic N) is 1. The lowest BCUT2D eigenvalue weighted by Gasteiger charge is -2.29. The molecule has 0 bridgehead atoms. The average Bonchev–Trinajstić information content (AvgIpc) is 2.60. The van der Waals surface area contributed by atoms with E-state index in [1.807, 2.05) is 0 Å². The zero-order chi connectivity index (χ0) is 19.7. The van der Waals surface area contributed by atoms with Gasteiger partial charge in [-0.2, -0.15) is 0 Å². The Hall–Kier alpha value is -1.93. The van der Waals surface area contributed by atoms with E-state index >= 15 is 0 Å². The summed E-state index contributed by atoms with van der Waals surface area (Å²) < 4.78 is 5.87. The van der Waals surface area contributed by atoms with Crippen LogP contribution in [0.4, 0.5) is 5.69 Å². The van der Waals surface area contributed by atoms with Gasteiger partial charge in [-0.15, -0.1) is 0 Å². The summed E-state index contributed by atoms with van der Waals surface area (Å²) in [4.78, 5) is 26.5. The maximum absolute atomic E-state index is 13.0. The van der Waals surface area contributed by atoms with E-state index in [9.17, 15) is 9.59 Å². The van der Waals surface area contributed by atoms with Crippen LogP contribution in [0.25, 0.3) is 6.08 Å². The minimum Gasteiger partial charge on any atom is -0.496 e. The molecule has 138 valence electrons. The lowest BCUT2D eigenvalue weighted by Crippen LogP contribution is -2.54. The molecular formula is C18H11BrCl2N2O3S. The normalized spacial score (nSPS) is 15.9. The van der Waals surface area contributed by atoms with E-state index in [2.05, 4.69) is 21.2 Å². The summed E-state index contributed by atoms with van der Waals surface area (Å²) in [5.74, 6) is -0.537. The topological polar surface area (TPSA) is 58.6 Å². The van der Waals surface area contributed by atoms with E-state index in [0.29, 0.717) is 26.5 Å². The number of anilines is 1. The van der Waals surface area contributed by atoms with Crippen molar-refractivity contribution in [3.8, 4) is 5.75 Å². The Balaban J connectivity index is 2.03. The van der Waals surface area contributed by atoms with Crippen molar-refractivity contribution in [2.24, 2.45) is 0 Å². The number of rotatable bonds is 3. The maximum Gasteiger partial charge on any atom is 0.270 e. The Kier molecular flexibility index (Phi) is 5.86. The van der Waals surface area contributed by atoms with Crippen LogP contribution >= 0.6 is 51.3 Å². The quantitative estimate of drug-likeness (QED) is 0.392. The predicted molar refractivity (Wildman–Crippen MR) is 113 cm³/mol. The number of methoxy groups -OCH3 is 1. The van der Waals surface area contributed by atoms with Gasteiger partial charge in [0, 0.05) is 5.02 Å². The van der Waals surface area contributed by atoms with Crippen molar-refractivity contribution in [1.82, 2.24) is 5.32 Å². The number of thiocarbonyl (C=S) groups is 1. The minimum absolute atomic E-state index is 0.0534. The van der Waals surface area contributed by atoms with Crippen molar-refractivity contribution >= 4 is 80.0 Å². The lowest BCUT2D eigenvalue weighted by molar-refractivity contribution is -0.122. The van der Waals surface area contributed by atoms with Gasteiger partial charge in [0.05, 0.1) is 22.3 Å². The molecule has 2 amide bonds. The van der Waals surface area contributed by atoms with Gasteiger partial charge in [-0.3, -0.25) is 19.8 Å². The molecule has 9 heteroatoms. The molecule has 1 fully saturated rings. The summed E-state index contributed by atoms with van der Waals surface area (Å²) in [5.41, 5.74) is 0.890. The van der Waals surface area contributed by atoms with Crippen LogP contribution in [0, 0.1) is 0 Å². The van der Waals surface area contributed by atoms with Crippen LogP contribution in [-0.4, -0.2) is 24.0 Å². The number of benzene rings is 2. The molecule has 2 aromatic rings. The molecule has 0 aromatic heterocycles. The monoisotopic (exact) mass is 484 g/mol. The standard InChI is InChI=1S/C18H11BrCl2N2O3S/c1-26-15-5-2-9(7-12(15)19)6-11-16(24)22-18(27)23(17(11)25)14-4-3-10(20)8-13(14)21/h2-8H,1H3,(H,22,24,27). The summed E-state index contributed by atoms with van der Waals surface area (Å²) in [7, 11) is 1.55. The second-order valence-corrected chi connectivity index (χ2v) is 7.53. The Morgan fingerprint density at radius 3 is 2.56 bits per heavy atom. The number of carbonyl (C=O) groups excluding carboxylic acids is 2. The molecule has 1 aliphatic rings. The summed E-state index contributed by atoms with van der Waals surface area (Å²) in [6.07, 6.45) is 1.47. The molecule has 0 atom stereocenters. The number of halogens is 3. The third kappa shape index (κ3) is 4.01. The van der Waals surface area contributed by atoms with Crippen molar-refractivity contribution < 1.29 is 14.3 Å². The van der Waals surface area contributed by atoms with Crippen LogP contribution in [0.3, 0.4) is 0 Å². The molecule has 0 radical (unpaired) electrons. The fraction of sp³-hybridized carbons (Fsp3) is 0.0556. The lowest BCUT2D eigenvalue weighted by atomic mass is 10.1. The van der Waals surface area contributed by atoms with Crippen molar-refractivity contribution in [3.05, 3.63) is 62.1 Å². The van der Waals surface area contributed by atoms with Crippen LogP contribution in [-0.2, 0) is 9.59 Å². The highest BCUT2D eigenvalue weighted by Crippen LogP contribution is 2.32. The van der Waals surface area contributed by atoms with Crippen molar-refractivity contribution in [2.75, 3.05) is 12.0 Å². The number of ether oxygens (including phenoxy) is 1. The molecule has 27 heavy (non-hydrogen) atoms. The van der Waals surface area contributed by atoms with Gasteiger partial charge in [-0.25, -0.2) is 0 Å². The first-order chi connectivity index (χ1) is 12.8. The SMILES string of the molecule is COc1ccc(C=C2C(=O)NC(=S)N(c3ccc(Cl)cc3Cl)C2=O)cc1Br. The molecule has 1 heterocycles. The third-order valence-electron chi connectivity index (χ3n) is 3.74. The Morgan fingerprint density at radius 1 is 1.19 bits per heavy atom. The third-order valence-corrected chi connectivity index (χ3v) is 5.18. The molecule has 2 aromatic carbocycles. The van der Waals surface area contributed by atoms with Gasteiger partial charge in [0.15, 0.2) is 5.11 Å². The van der Waals surface area contributed by atoms with E-state index in [-0.39, 0.29) is 15.7 Å². The van der Waals surface area contributed by atoms with E-state index in [4.69, 9.17) is 40.2 Å². The van der Waals surface area contributed by atoms with Crippen LogP contribution in [0.5, 0.6) is 5.75 Å². The van der Waals surface area contributed by atoms with E-state index < -0.39 is 11.8 Å². The fourth-order valence-corrected chi connectivity index (χ4v) is 3.80. The van der Waals surface area contributed by atoms with Gasteiger partial charge in [0.1, 0.15) is 11.3 Å². The van der Waals surface area contributed by atoms with Crippen LogP contribution in [0.15, 0.2) is 46.4 Å². The van der Waals surface area contributed by atoms with E-state index in [1.54, 1.807) is 37.4 Å². The minimum atomic E-state index is -0.585. The van der Waals surface area contributed by atoms with Gasteiger partial charge in [0.2, 0.25) is 0 Å². The smallest absolute Gasteiger partial charge is 0.270 e. The number of carbonyl (C=O) groups is 2. The predicted octanol–water partition coefficient (Wildman–Crippen LogP) is 4.60. The molecule has 0 spiro atoms. The number of hydrogen-bond donors (Lipinski definition) is 1. The molecule has 0 saturated carbocycles. The van der Waals surface area contributed by atoms with Crippen molar-refractivity contribution in [3.63, 3.8) is 0 Å². The van der Waals surface area contributed by atoms with Crippen LogP contribution < -0.4 is 15.0 Å². The largest absolute Gasteiger partial charge is 0.496 e. The number of hydrogen-bond acceptors (Lipinski definition) is 4. The molecule has 3 rings (SSSR count). The molecule has 1 N–H and O–H groups in total. The second kappa shape index (κ2) is 7.98. The Bertz CT molecular complexity index is 1010. The fourth-order valence-electron chi connectivity index (χ4n) is 2.48. The summed E-state index contributed by atoms with van der Waals surface area (Å²) in [6.45, 7) is 0. The summed E-state index contributed by atoms with van der Waals surface area (Å²) in [6, 6.07) is 9.82. The Labute approximate surface area is 179 Å². The van der Waals surface area contributed by atoms with Crippen LogP contribution in [0.1, 0.15) is 5.56 Å². The summed E-state index contributed by atoms with van der Waals surface area (Å²) in [5, 5.41) is 3.11. The first kappa shape index (κ1) is 19.8.